The van der Waals surface area contributed by atoms with E-state index in [1.165, 1.54) is 5.01 Å². The Morgan fingerprint density at radius 1 is 1.75 bits per heavy atom. The van der Waals surface area contributed by atoms with Gasteiger partial charge < -0.3 is 5.01 Å². The van der Waals surface area contributed by atoms with Crippen molar-refractivity contribution in [3.8, 4) is 0 Å². The second-order valence-electron chi connectivity index (χ2n) is 1.23. The van der Waals surface area contributed by atoms with Crippen LogP contribution in [0.1, 0.15) is 0 Å². The van der Waals surface area contributed by atoms with Crippen LogP contribution >= 0.6 is 0 Å². The molecule has 0 radical (unpaired) electrons. The number of hydrogen-bond donors (Lipinski definition) is 0. The molecule has 0 aromatic rings. The van der Waals surface area contributed by atoms with Gasteiger partial charge in [0.15, 0.2) is 0 Å². The molecule has 0 aromatic heterocycles. The van der Waals surface area contributed by atoms with Gasteiger partial charge >= 0.3 is 51.4 Å². The third-order valence-electron chi connectivity index (χ3n) is 0.670. The molecule has 2 nitrogen and oxygen atoms in total. The van der Waals surface area contributed by atoms with Gasteiger partial charge in [-0.1, -0.05) is 0 Å². The van der Waals surface area contributed by atoms with E-state index in [9.17, 15) is 0 Å². The Kier molecular flexibility index (Phi) is 8.41. The van der Waals surface area contributed by atoms with Crippen molar-refractivity contribution < 1.29 is 51.4 Å². The van der Waals surface area contributed by atoms with Gasteiger partial charge in [0, 0.05) is 13.8 Å². The van der Waals surface area contributed by atoms with Crippen LogP contribution in [0, 0.1) is 6.92 Å². The molecule has 0 rings (SSSR count). The zero-order valence-corrected chi connectivity index (χ0v) is 8.64. The van der Waals surface area contributed by atoms with Gasteiger partial charge in [-0.2, -0.15) is 5.10 Å². The van der Waals surface area contributed by atoms with Gasteiger partial charge in [0.25, 0.3) is 0 Å². The van der Waals surface area contributed by atoms with Gasteiger partial charge in [0.2, 0.25) is 0 Å². The molecule has 0 aliphatic carbocycles. The molecule has 40 valence electrons. The molecule has 3 heteroatoms. The first-order valence-corrected chi connectivity index (χ1v) is 1.89. The molecular weight excluding hydrogens is 127 g/mol. The third-order valence-corrected chi connectivity index (χ3v) is 0.670. The molecule has 0 aliphatic heterocycles. The van der Waals surface area contributed by atoms with Gasteiger partial charge in [-0.3, -0.25) is 0 Å². The van der Waals surface area contributed by atoms with E-state index in [0.717, 1.165) is 0 Å². The summed E-state index contributed by atoms with van der Waals surface area (Å²) >= 11 is 0. The van der Waals surface area contributed by atoms with Crippen molar-refractivity contribution in [3.63, 3.8) is 0 Å². The third kappa shape index (κ3) is 4.87. The average Bonchev–Trinajstić information content (AvgIpc) is 1.65. The van der Waals surface area contributed by atoms with Crippen LogP contribution in [-0.4, -0.2) is 18.8 Å². The fraction of sp³-hybridized carbons (Fsp3) is 0.200. The smallest absolute Gasteiger partial charge is 0.306 e. The number of rotatable bonds is 2. The summed E-state index contributed by atoms with van der Waals surface area (Å²) in [5, 5.41) is 5.01. The van der Waals surface area contributed by atoms with Crippen LogP contribution in [0.25, 0.3) is 0 Å². The van der Waals surface area contributed by atoms with Crippen LogP contribution in [-0.2, 0) is 0 Å². The van der Waals surface area contributed by atoms with Crippen molar-refractivity contribution >= 4 is 6.72 Å². The number of allylic oxidation sites excluding steroid dienone is 1. The molecule has 0 fully saturated rings. The van der Waals surface area contributed by atoms with Gasteiger partial charge in [-0.15, -0.1) is 5.70 Å². The first-order valence-electron chi connectivity index (χ1n) is 1.89. The summed E-state index contributed by atoms with van der Waals surface area (Å²) in [5.41, 5.74) is 0.648. The first-order chi connectivity index (χ1) is 3.18. The predicted octanol–water partition coefficient (Wildman–Crippen LogP) is -2.11. The number of hydrazone groups is 1. The minimum absolute atomic E-state index is 0. The SMILES string of the molecule is C=NN(C)C(=C)[CH2-].[K+]. The monoisotopic (exact) mass is 136 g/mol. The van der Waals surface area contributed by atoms with Crippen molar-refractivity contribution in [3.05, 3.63) is 19.2 Å². The molecular formula is C5H9KN2. The fourth-order valence-corrected chi connectivity index (χ4v) is 0.1000. The molecule has 0 aliphatic rings. The summed E-state index contributed by atoms with van der Waals surface area (Å²) < 4.78 is 0. The molecule has 0 aromatic carbocycles. The Labute approximate surface area is 93.1 Å². The molecule has 0 saturated carbocycles. The first kappa shape index (κ1) is 11.5. The van der Waals surface area contributed by atoms with Crippen LogP contribution in [0.4, 0.5) is 0 Å². The van der Waals surface area contributed by atoms with Crippen molar-refractivity contribution in [2.45, 2.75) is 0 Å². The molecule has 0 atom stereocenters. The standard InChI is InChI=1S/C5H9N2.K/c1-5(2)7(4)6-3;/h1-3H2,4H3;/q-1;+1. The molecule has 0 heterocycles. The van der Waals surface area contributed by atoms with Crippen LogP contribution in [0.2, 0.25) is 0 Å². The van der Waals surface area contributed by atoms with E-state index in [1.54, 1.807) is 7.05 Å². The summed E-state index contributed by atoms with van der Waals surface area (Å²) in [4.78, 5) is 0. The molecule has 0 N–H and O–H groups in total. The average molecular weight is 136 g/mol. The summed E-state index contributed by atoms with van der Waals surface area (Å²) in [5.74, 6) is 0. The second kappa shape index (κ2) is 5.85. The van der Waals surface area contributed by atoms with Gasteiger partial charge in [0.05, 0.1) is 0 Å². The Morgan fingerprint density at radius 2 is 2.12 bits per heavy atom. The van der Waals surface area contributed by atoms with E-state index < -0.39 is 0 Å². The Morgan fingerprint density at radius 3 is 2.12 bits per heavy atom. The van der Waals surface area contributed by atoms with E-state index in [-0.39, 0.29) is 51.4 Å². The Hall–Kier alpha value is 0.716. The maximum atomic E-state index is 3.51. The van der Waals surface area contributed by atoms with Crippen molar-refractivity contribution in [1.82, 2.24) is 5.01 Å². The topological polar surface area (TPSA) is 15.6 Å². The van der Waals surface area contributed by atoms with E-state index in [1.807, 2.05) is 0 Å². The summed E-state index contributed by atoms with van der Waals surface area (Å²) in [7, 11) is 1.74. The number of nitrogens with zero attached hydrogens (tertiary/aromatic N) is 2. The largest absolute Gasteiger partial charge is 1.00 e. The maximum absolute atomic E-state index is 3.51. The molecule has 0 spiro atoms. The van der Waals surface area contributed by atoms with Crippen molar-refractivity contribution in [2.75, 3.05) is 7.05 Å². The van der Waals surface area contributed by atoms with Crippen LogP contribution in [0.5, 0.6) is 0 Å². The van der Waals surface area contributed by atoms with Crippen molar-refractivity contribution in [1.29, 1.82) is 0 Å². The van der Waals surface area contributed by atoms with E-state index in [0.29, 0.717) is 5.70 Å². The van der Waals surface area contributed by atoms with Crippen LogP contribution in [0.3, 0.4) is 0 Å². The zero-order chi connectivity index (χ0) is 5.86. The van der Waals surface area contributed by atoms with E-state index in [4.69, 9.17) is 0 Å². The molecule has 0 unspecified atom stereocenters. The Balaban J connectivity index is 0. The quantitative estimate of drug-likeness (QED) is 0.183. The van der Waals surface area contributed by atoms with E-state index >= 15 is 0 Å². The van der Waals surface area contributed by atoms with Gasteiger partial charge in [0.1, 0.15) is 0 Å². The predicted molar refractivity (Wildman–Crippen MR) is 31.8 cm³/mol. The maximum Gasteiger partial charge on any atom is 1.00 e. The van der Waals surface area contributed by atoms with Crippen molar-refractivity contribution in [2.24, 2.45) is 5.10 Å². The van der Waals surface area contributed by atoms with E-state index in [2.05, 4.69) is 25.3 Å². The van der Waals surface area contributed by atoms with Crippen LogP contribution in [0.15, 0.2) is 17.4 Å². The van der Waals surface area contributed by atoms with Gasteiger partial charge in [-0.05, 0) is 0 Å². The molecule has 0 amide bonds. The molecule has 8 heavy (non-hydrogen) atoms. The summed E-state index contributed by atoms with van der Waals surface area (Å²) in [6, 6.07) is 0. The molecule has 0 bridgehead atoms. The summed E-state index contributed by atoms with van der Waals surface area (Å²) in [6.45, 7) is 10.3. The fourth-order valence-electron chi connectivity index (χ4n) is 0.1000. The molecule has 0 saturated heterocycles. The second-order valence-corrected chi connectivity index (χ2v) is 1.23. The normalized spacial score (nSPS) is 6.62. The van der Waals surface area contributed by atoms with Gasteiger partial charge in [-0.25, -0.2) is 13.5 Å². The number of hydrogen-bond acceptors (Lipinski definition) is 2. The van der Waals surface area contributed by atoms with Crippen LogP contribution < -0.4 is 51.4 Å². The minimum Gasteiger partial charge on any atom is -0.306 e. The Bertz CT molecular complexity index is 90.4. The zero-order valence-electron chi connectivity index (χ0n) is 5.52. The summed E-state index contributed by atoms with van der Waals surface area (Å²) in [6.07, 6.45) is 0. The minimum atomic E-state index is 0.